The fourth-order valence-electron chi connectivity index (χ4n) is 0.221. The van der Waals surface area contributed by atoms with Crippen molar-refractivity contribution in [1.29, 1.82) is 0 Å². The predicted octanol–water partition coefficient (Wildman–Crippen LogP) is -1.06. The third-order valence-electron chi connectivity index (χ3n) is 0.416. The van der Waals surface area contributed by atoms with Crippen molar-refractivity contribution in [3.05, 3.63) is 0 Å². The second-order valence-corrected chi connectivity index (χ2v) is 11.5. The van der Waals surface area contributed by atoms with E-state index in [1.165, 1.54) is 35.2 Å². The van der Waals surface area contributed by atoms with E-state index in [1.807, 2.05) is 0 Å². The molecule has 22 valence electrons. The Kier molecular flexibility index (Phi) is 1.71. The maximum absolute atomic E-state index is 1.58. The predicted molar refractivity (Wildman–Crippen MR) is 27.8 cm³/mol. The molecule has 8 radical (unpaired) electrons. The molecular formula is CH2Si4. The minimum atomic E-state index is 1.36. The molecule has 1 saturated heterocycles. The van der Waals surface area contributed by atoms with Gasteiger partial charge in [-0.25, -0.2) is 0 Å². The molecule has 0 aliphatic carbocycles. The monoisotopic (exact) mass is 126 g/mol. The van der Waals surface area contributed by atoms with Gasteiger partial charge in [-0.2, -0.15) is 0 Å². The molecule has 0 nitrogen and oxygen atoms in total. The summed E-state index contributed by atoms with van der Waals surface area (Å²) in [5, 5.41) is 0. The van der Waals surface area contributed by atoms with Gasteiger partial charge in [0.1, 0.15) is 0 Å². The van der Waals surface area contributed by atoms with Crippen LogP contribution in [-0.4, -0.2) is 35.2 Å². The molecule has 0 atom stereocenters. The van der Waals surface area contributed by atoms with E-state index in [-0.39, 0.29) is 0 Å². The first-order chi connectivity index (χ1) is 2.50. The van der Waals surface area contributed by atoms with Crippen LogP contribution in [0.15, 0.2) is 0 Å². The van der Waals surface area contributed by atoms with E-state index in [1.54, 1.807) is 5.67 Å². The molecule has 0 bridgehead atoms. The van der Waals surface area contributed by atoms with Crippen LogP contribution in [0.5, 0.6) is 0 Å². The van der Waals surface area contributed by atoms with Crippen molar-refractivity contribution in [3.63, 3.8) is 0 Å². The van der Waals surface area contributed by atoms with E-state index in [9.17, 15) is 0 Å². The fraction of sp³-hybridized carbons (Fsp3) is 1.00. The summed E-state index contributed by atoms with van der Waals surface area (Å²) in [7, 11) is 5.48. The molecule has 1 aliphatic heterocycles. The molecule has 1 heterocycles. The molecular weight excluding hydrogens is 124 g/mol. The quantitative estimate of drug-likeness (QED) is 0.363. The molecule has 0 saturated carbocycles. The molecule has 5 heavy (non-hydrogen) atoms. The highest BCUT2D eigenvalue weighted by Gasteiger charge is 1.99. The highest BCUT2D eigenvalue weighted by Crippen LogP contribution is 1.77. The number of hydrogen-bond donors (Lipinski definition) is 0. The second kappa shape index (κ2) is 2.11. The van der Waals surface area contributed by atoms with Gasteiger partial charge in [-0.15, -0.1) is 0 Å². The van der Waals surface area contributed by atoms with E-state index in [4.69, 9.17) is 0 Å². The summed E-state index contributed by atoms with van der Waals surface area (Å²) in [5.74, 6) is 0. The third kappa shape index (κ3) is 1.16. The SMILES string of the molecule is C1[Si][Si][Si][Si]1. The van der Waals surface area contributed by atoms with Gasteiger partial charge in [0.25, 0.3) is 0 Å². The van der Waals surface area contributed by atoms with E-state index >= 15 is 0 Å². The van der Waals surface area contributed by atoms with Crippen LogP contribution in [0.25, 0.3) is 0 Å². The van der Waals surface area contributed by atoms with Crippen molar-refractivity contribution in [2.45, 2.75) is 5.67 Å². The van der Waals surface area contributed by atoms with Gasteiger partial charge in [-0.3, -0.25) is 0 Å². The fourth-order valence-corrected chi connectivity index (χ4v) is 17.9. The van der Waals surface area contributed by atoms with Crippen molar-refractivity contribution < 1.29 is 0 Å². The van der Waals surface area contributed by atoms with Crippen LogP contribution in [0.4, 0.5) is 0 Å². The summed E-state index contributed by atoms with van der Waals surface area (Å²) in [5.41, 5.74) is 1.58. The first-order valence-electron chi connectivity index (χ1n) is 1.46. The first-order valence-corrected chi connectivity index (χ1v) is 8.87. The van der Waals surface area contributed by atoms with Gasteiger partial charge in [0.15, 0.2) is 0 Å². The molecule has 4 heteroatoms. The van der Waals surface area contributed by atoms with Crippen molar-refractivity contribution >= 4 is 35.2 Å². The van der Waals surface area contributed by atoms with Crippen LogP contribution in [0.3, 0.4) is 0 Å². The lowest BCUT2D eigenvalue weighted by molar-refractivity contribution is 2.11. The van der Waals surface area contributed by atoms with E-state index in [0.29, 0.717) is 0 Å². The Morgan fingerprint density at radius 3 is 1.80 bits per heavy atom. The van der Waals surface area contributed by atoms with Gasteiger partial charge in [0, 0.05) is 35.2 Å². The van der Waals surface area contributed by atoms with Crippen LogP contribution in [0.2, 0.25) is 5.67 Å². The van der Waals surface area contributed by atoms with Crippen molar-refractivity contribution in [1.82, 2.24) is 0 Å². The van der Waals surface area contributed by atoms with Gasteiger partial charge < -0.3 is 0 Å². The lowest BCUT2D eigenvalue weighted by Gasteiger charge is -1.64. The highest BCUT2D eigenvalue weighted by atomic mass is 29.7. The third-order valence-corrected chi connectivity index (χ3v) is 14.6. The molecule has 1 fully saturated rings. The molecule has 0 amide bonds. The number of rotatable bonds is 0. The van der Waals surface area contributed by atoms with Gasteiger partial charge >= 0.3 is 0 Å². The van der Waals surface area contributed by atoms with Crippen LogP contribution in [0, 0.1) is 0 Å². The van der Waals surface area contributed by atoms with Crippen molar-refractivity contribution in [3.8, 4) is 0 Å². The second-order valence-electron chi connectivity index (χ2n) is 0.780. The Balaban J connectivity index is 2.08. The Morgan fingerprint density at radius 1 is 1.00 bits per heavy atom. The van der Waals surface area contributed by atoms with Crippen molar-refractivity contribution in [2.24, 2.45) is 0 Å². The van der Waals surface area contributed by atoms with E-state index < -0.39 is 0 Å². The molecule has 0 aromatic rings. The Bertz CT molecular complexity index is 15.2. The Labute approximate surface area is 41.4 Å². The van der Waals surface area contributed by atoms with Crippen molar-refractivity contribution in [2.75, 3.05) is 0 Å². The normalized spacial score (nSPS) is 24.0. The summed E-state index contributed by atoms with van der Waals surface area (Å²) in [6.07, 6.45) is 0. The maximum Gasteiger partial charge on any atom is 0.0143 e. The zero-order valence-electron chi connectivity index (χ0n) is 2.71. The average molecular weight is 126 g/mol. The summed E-state index contributed by atoms with van der Waals surface area (Å²) < 4.78 is 0. The molecule has 0 aromatic heterocycles. The summed E-state index contributed by atoms with van der Waals surface area (Å²) in [6, 6.07) is 0. The number of hydrogen-bond acceptors (Lipinski definition) is 0. The standard InChI is InChI=1S/CH2Si4/c1-2-4-5-3-1/h1H2. The Morgan fingerprint density at radius 2 is 1.60 bits per heavy atom. The lowest BCUT2D eigenvalue weighted by Crippen LogP contribution is -2.00. The molecule has 0 aromatic carbocycles. The van der Waals surface area contributed by atoms with Gasteiger partial charge in [-0.05, 0) is 0 Å². The Hall–Kier alpha value is 0.868. The summed E-state index contributed by atoms with van der Waals surface area (Å²) >= 11 is 0. The van der Waals surface area contributed by atoms with E-state index in [0.717, 1.165) is 0 Å². The zero-order chi connectivity index (χ0) is 3.54. The zero-order valence-corrected chi connectivity index (χ0v) is 6.71. The molecule has 0 N–H and O–H groups in total. The maximum atomic E-state index is 1.58. The van der Waals surface area contributed by atoms with Gasteiger partial charge in [-0.1, -0.05) is 5.67 Å². The minimum absolute atomic E-state index is 1.36. The molecule has 1 rings (SSSR count). The average Bonchev–Trinajstić information content (AvgIpc) is 1.76. The van der Waals surface area contributed by atoms with Crippen LogP contribution in [-0.2, 0) is 0 Å². The molecule has 0 spiro atoms. The molecule has 0 unspecified atom stereocenters. The van der Waals surface area contributed by atoms with E-state index in [2.05, 4.69) is 0 Å². The van der Waals surface area contributed by atoms with Crippen LogP contribution < -0.4 is 0 Å². The smallest absolute Gasteiger partial charge is 0.0143 e. The van der Waals surface area contributed by atoms with Crippen LogP contribution in [0.1, 0.15) is 0 Å². The largest absolute Gasteiger partial charge is 0.0746 e. The highest BCUT2D eigenvalue weighted by molar-refractivity contribution is 7.51. The van der Waals surface area contributed by atoms with Gasteiger partial charge in [0.05, 0.1) is 0 Å². The lowest BCUT2D eigenvalue weighted by atomic mass is 11.9. The molecule has 1 aliphatic rings. The van der Waals surface area contributed by atoms with Gasteiger partial charge in [0.2, 0.25) is 0 Å². The van der Waals surface area contributed by atoms with Crippen LogP contribution >= 0.6 is 0 Å². The minimum Gasteiger partial charge on any atom is -0.0746 e. The summed E-state index contributed by atoms with van der Waals surface area (Å²) in [6.45, 7) is 0. The first kappa shape index (κ1) is 4.04. The topological polar surface area (TPSA) is 0 Å². The summed E-state index contributed by atoms with van der Waals surface area (Å²) in [4.78, 5) is 0.